The molecule has 1 aromatic rings. The molecule has 1 heterocycles. The topological polar surface area (TPSA) is 101 Å². The molecule has 2 N–H and O–H groups in total. The van der Waals surface area contributed by atoms with Crippen molar-refractivity contribution in [3.8, 4) is 0 Å². The standard InChI is InChI=1S/C13H18BrN3O4S.ClH/c1-9-12(14)5-11(6-13(9)17(18)19)22(20,21)16-8-10-3-2-4-15-7-10;/h5-6,10,15-16H,2-4,7-8H2,1H3;1H. The van der Waals surface area contributed by atoms with Crippen LogP contribution in [0.1, 0.15) is 18.4 Å². The Labute approximate surface area is 150 Å². The van der Waals surface area contributed by atoms with E-state index in [9.17, 15) is 18.5 Å². The molecular weight excluding hydrogens is 410 g/mol. The molecule has 1 aromatic carbocycles. The van der Waals surface area contributed by atoms with Gasteiger partial charge in [0.2, 0.25) is 10.0 Å². The van der Waals surface area contributed by atoms with Crippen LogP contribution in [0.5, 0.6) is 0 Å². The molecule has 7 nitrogen and oxygen atoms in total. The molecule has 1 aliphatic rings. The van der Waals surface area contributed by atoms with Crippen LogP contribution in [0, 0.1) is 23.0 Å². The fourth-order valence-electron chi connectivity index (χ4n) is 2.39. The number of rotatable bonds is 5. The Morgan fingerprint density at radius 3 is 2.74 bits per heavy atom. The van der Waals surface area contributed by atoms with Gasteiger partial charge in [-0.25, -0.2) is 13.1 Å². The summed E-state index contributed by atoms with van der Waals surface area (Å²) in [6.45, 7) is 3.63. The van der Waals surface area contributed by atoms with Crippen molar-refractivity contribution in [2.45, 2.75) is 24.7 Å². The molecule has 0 aliphatic carbocycles. The van der Waals surface area contributed by atoms with Gasteiger partial charge in [-0.05, 0) is 44.8 Å². The van der Waals surface area contributed by atoms with Crippen molar-refractivity contribution in [3.63, 3.8) is 0 Å². The van der Waals surface area contributed by atoms with Crippen LogP contribution in [0.2, 0.25) is 0 Å². The molecule has 0 bridgehead atoms. The van der Waals surface area contributed by atoms with E-state index < -0.39 is 14.9 Å². The second-order valence-corrected chi connectivity index (χ2v) is 7.99. The van der Waals surface area contributed by atoms with Crippen molar-refractivity contribution < 1.29 is 13.3 Å². The number of halogens is 2. The smallest absolute Gasteiger partial charge is 0.274 e. The van der Waals surface area contributed by atoms with E-state index in [0.717, 1.165) is 32.0 Å². The first-order chi connectivity index (χ1) is 10.3. The van der Waals surface area contributed by atoms with Gasteiger partial charge in [-0.15, -0.1) is 12.4 Å². The molecule has 1 aliphatic heterocycles. The van der Waals surface area contributed by atoms with E-state index in [-0.39, 0.29) is 28.9 Å². The highest BCUT2D eigenvalue weighted by Crippen LogP contribution is 2.29. The van der Waals surface area contributed by atoms with Gasteiger partial charge in [-0.3, -0.25) is 10.1 Å². The predicted molar refractivity (Wildman–Crippen MR) is 93.6 cm³/mol. The zero-order valence-electron chi connectivity index (χ0n) is 12.5. The fraction of sp³-hybridized carbons (Fsp3) is 0.538. The monoisotopic (exact) mass is 427 g/mol. The SMILES string of the molecule is Cc1c(Br)cc(S(=O)(=O)NCC2CCCNC2)cc1[N+](=O)[O-].Cl. The molecule has 23 heavy (non-hydrogen) atoms. The number of piperidine rings is 1. The second kappa shape index (κ2) is 8.39. The molecule has 0 radical (unpaired) electrons. The number of sulfonamides is 1. The minimum absolute atomic E-state index is 0. The van der Waals surface area contributed by atoms with E-state index in [0.29, 0.717) is 16.6 Å². The van der Waals surface area contributed by atoms with E-state index in [1.807, 2.05) is 0 Å². The average Bonchev–Trinajstić information content (AvgIpc) is 2.48. The van der Waals surface area contributed by atoms with Crippen LogP contribution in [0.25, 0.3) is 0 Å². The van der Waals surface area contributed by atoms with E-state index >= 15 is 0 Å². The highest BCUT2D eigenvalue weighted by atomic mass is 79.9. The maximum Gasteiger partial charge on any atom is 0.274 e. The van der Waals surface area contributed by atoms with Gasteiger partial charge in [0.15, 0.2) is 0 Å². The Morgan fingerprint density at radius 2 is 2.17 bits per heavy atom. The van der Waals surface area contributed by atoms with E-state index in [1.54, 1.807) is 6.92 Å². The van der Waals surface area contributed by atoms with Crippen LogP contribution in [-0.4, -0.2) is 33.0 Å². The molecule has 1 saturated heterocycles. The van der Waals surface area contributed by atoms with Crippen molar-refractivity contribution >= 4 is 44.0 Å². The van der Waals surface area contributed by atoms with E-state index in [1.165, 1.54) is 6.07 Å². The van der Waals surface area contributed by atoms with Gasteiger partial charge >= 0.3 is 0 Å². The van der Waals surface area contributed by atoms with Gasteiger partial charge in [0.05, 0.1) is 9.82 Å². The third kappa shape index (κ3) is 5.12. The maximum atomic E-state index is 12.3. The number of nitro groups is 1. The largest absolute Gasteiger partial charge is 0.316 e. The van der Waals surface area contributed by atoms with Crippen LogP contribution >= 0.6 is 28.3 Å². The molecule has 0 spiro atoms. The lowest BCUT2D eigenvalue weighted by Gasteiger charge is -2.22. The van der Waals surface area contributed by atoms with Gasteiger partial charge in [0.25, 0.3) is 5.69 Å². The van der Waals surface area contributed by atoms with Gasteiger partial charge < -0.3 is 5.32 Å². The first kappa shape index (κ1) is 20.3. The van der Waals surface area contributed by atoms with Crippen molar-refractivity contribution in [2.24, 2.45) is 5.92 Å². The Hall–Kier alpha value is -0.740. The van der Waals surface area contributed by atoms with Gasteiger partial charge in [-0.1, -0.05) is 15.9 Å². The zero-order valence-corrected chi connectivity index (χ0v) is 15.8. The van der Waals surface area contributed by atoms with Crippen molar-refractivity contribution in [2.75, 3.05) is 19.6 Å². The van der Waals surface area contributed by atoms with Crippen LogP contribution in [0.15, 0.2) is 21.5 Å². The second-order valence-electron chi connectivity index (χ2n) is 5.37. The summed E-state index contributed by atoms with van der Waals surface area (Å²) < 4.78 is 27.6. The number of hydrogen-bond acceptors (Lipinski definition) is 5. The molecule has 1 atom stereocenters. The number of benzene rings is 1. The molecular formula is C13H19BrClN3O4S. The summed E-state index contributed by atoms with van der Waals surface area (Å²) in [5.74, 6) is 0.243. The lowest BCUT2D eigenvalue weighted by atomic mass is 10.0. The van der Waals surface area contributed by atoms with E-state index in [2.05, 4.69) is 26.0 Å². The van der Waals surface area contributed by atoms with Crippen molar-refractivity contribution in [3.05, 3.63) is 32.3 Å². The quantitative estimate of drug-likeness (QED) is 0.554. The Morgan fingerprint density at radius 1 is 1.48 bits per heavy atom. The first-order valence-electron chi connectivity index (χ1n) is 6.96. The third-order valence-electron chi connectivity index (χ3n) is 3.76. The number of nitrogens with one attached hydrogen (secondary N) is 2. The Balaban J connectivity index is 0.00000264. The van der Waals surface area contributed by atoms with Crippen molar-refractivity contribution in [1.29, 1.82) is 0 Å². The van der Waals surface area contributed by atoms with Crippen LogP contribution < -0.4 is 10.0 Å². The highest BCUT2D eigenvalue weighted by molar-refractivity contribution is 9.10. The number of hydrogen-bond donors (Lipinski definition) is 2. The van der Waals surface area contributed by atoms with Gasteiger partial charge in [-0.2, -0.15) is 0 Å². The molecule has 10 heteroatoms. The average molecular weight is 429 g/mol. The Kier molecular flexibility index (Phi) is 7.40. The number of nitrogens with zero attached hydrogens (tertiary/aromatic N) is 1. The molecule has 130 valence electrons. The minimum Gasteiger partial charge on any atom is -0.316 e. The van der Waals surface area contributed by atoms with E-state index in [4.69, 9.17) is 0 Å². The predicted octanol–water partition coefficient (Wildman–Crippen LogP) is 2.37. The molecule has 2 rings (SSSR count). The normalized spacial score (nSPS) is 18.3. The highest BCUT2D eigenvalue weighted by Gasteiger charge is 2.23. The summed E-state index contributed by atoms with van der Waals surface area (Å²) >= 11 is 3.18. The lowest BCUT2D eigenvalue weighted by Crippen LogP contribution is -2.38. The summed E-state index contributed by atoms with van der Waals surface area (Å²) in [6.07, 6.45) is 1.99. The van der Waals surface area contributed by atoms with Crippen LogP contribution in [-0.2, 0) is 10.0 Å². The molecule has 1 unspecified atom stereocenters. The molecule has 0 aromatic heterocycles. The molecule has 0 saturated carbocycles. The maximum absolute atomic E-state index is 12.3. The summed E-state index contributed by atoms with van der Waals surface area (Å²) in [5.41, 5.74) is 0.189. The van der Waals surface area contributed by atoms with Gasteiger partial charge in [0.1, 0.15) is 0 Å². The van der Waals surface area contributed by atoms with Crippen molar-refractivity contribution in [1.82, 2.24) is 10.0 Å². The summed E-state index contributed by atoms with van der Waals surface area (Å²) in [7, 11) is -3.77. The number of nitro benzene ring substituents is 1. The summed E-state index contributed by atoms with van der Waals surface area (Å²) in [5, 5.41) is 14.2. The fourth-order valence-corrected chi connectivity index (χ4v) is 4.16. The summed E-state index contributed by atoms with van der Waals surface area (Å²) in [6, 6.07) is 2.49. The molecule has 0 amide bonds. The third-order valence-corrected chi connectivity index (χ3v) is 5.99. The van der Waals surface area contributed by atoms with Crippen LogP contribution in [0.3, 0.4) is 0 Å². The van der Waals surface area contributed by atoms with Gasteiger partial charge in [0, 0.05) is 22.6 Å². The zero-order chi connectivity index (χ0) is 16.3. The lowest BCUT2D eigenvalue weighted by molar-refractivity contribution is -0.385. The minimum atomic E-state index is -3.77. The first-order valence-corrected chi connectivity index (χ1v) is 9.24. The summed E-state index contributed by atoms with van der Waals surface area (Å²) in [4.78, 5) is 10.3. The Bertz CT molecular complexity index is 678. The molecule has 1 fully saturated rings. The van der Waals surface area contributed by atoms with Crippen LogP contribution in [0.4, 0.5) is 5.69 Å².